The Balaban J connectivity index is 1.24. The molecule has 5 atom stereocenters. The van der Waals surface area contributed by atoms with E-state index in [1.165, 1.54) is 5.56 Å². The molecule has 3 aliphatic rings. The number of rotatable bonds is 4. The van der Waals surface area contributed by atoms with Crippen molar-refractivity contribution in [2.75, 3.05) is 10.6 Å². The number of hydrogen-bond acceptors (Lipinski definition) is 4. The van der Waals surface area contributed by atoms with Crippen LogP contribution in [0, 0.1) is 37.5 Å². The molecule has 2 aromatic rings. The molecule has 3 fully saturated rings. The monoisotopic (exact) mass is 404 g/mol. The molecule has 0 unspecified atom stereocenters. The van der Waals surface area contributed by atoms with Crippen LogP contribution < -0.4 is 10.6 Å². The Morgan fingerprint density at radius 3 is 2.40 bits per heavy atom. The van der Waals surface area contributed by atoms with E-state index in [0.29, 0.717) is 11.3 Å². The number of amides is 2. The SMILES string of the molecule is Cc1ccc(NC(=O)c2ccc(NC(=O)[C@@H]3[C@@H]4C[C@@H]5[C@@H]3C(=O)O[C@H]5C4)cc2)cc1C. The highest BCUT2D eigenvalue weighted by atomic mass is 16.6. The first-order chi connectivity index (χ1) is 14.4. The molecule has 2 bridgehead atoms. The van der Waals surface area contributed by atoms with E-state index >= 15 is 0 Å². The lowest BCUT2D eigenvalue weighted by molar-refractivity contribution is -0.145. The summed E-state index contributed by atoms with van der Waals surface area (Å²) in [7, 11) is 0. The highest BCUT2D eigenvalue weighted by Gasteiger charge is 2.63. The van der Waals surface area contributed by atoms with E-state index in [2.05, 4.69) is 10.6 Å². The molecule has 6 heteroatoms. The summed E-state index contributed by atoms with van der Waals surface area (Å²) in [5.41, 5.74) is 4.16. The number of fused-ring (bicyclic) bond motifs is 1. The normalized spacial score (nSPS) is 28.3. The molecule has 2 saturated carbocycles. The van der Waals surface area contributed by atoms with Crippen molar-refractivity contribution in [3.63, 3.8) is 0 Å². The van der Waals surface area contributed by atoms with E-state index in [1.54, 1.807) is 24.3 Å². The molecule has 0 spiro atoms. The number of hydrogen-bond donors (Lipinski definition) is 2. The number of aryl methyl sites for hydroxylation is 2. The number of carbonyl (C=O) groups excluding carboxylic acids is 3. The smallest absolute Gasteiger partial charge is 0.310 e. The molecule has 6 nitrogen and oxygen atoms in total. The van der Waals surface area contributed by atoms with Gasteiger partial charge in [0.1, 0.15) is 6.10 Å². The van der Waals surface area contributed by atoms with Crippen molar-refractivity contribution >= 4 is 29.2 Å². The molecule has 30 heavy (non-hydrogen) atoms. The van der Waals surface area contributed by atoms with E-state index < -0.39 is 0 Å². The van der Waals surface area contributed by atoms with E-state index in [-0.39, 0.29) is 47.6 Å². The third-order valence-electron chi connectivity index (χ3n) is 6.97. The molecular formula is C24H24N2O4. The van der Waals surface area contributed by atoms with Crippen LogP contribution in [0.3, 0.4) is 0 Å². The Hall–Kier alpha value is -3.15. The molecule has 1 saturated heterocycles. The van der Waals surface area contributed by atoms with Gasteiger partial charge in [-0.15, -0.1) is 0 Å². The second-order valence-corrected chi connectivity index (χ2v) is 8.74. The van der Waals surface area contributed by atoms with Crippen molar-refractivity contribution in [1.29, 1.82) is 0 Å². The predicted molar refractivity (Wildman–Crippen MR) is 112 cm³/mol. The van der Waals surface area contributed by atoms with Crippen LogP contribution in [0.25, 0.3) is 0 Å². The van der Waals surface area contributed by atoms with Crippen LogP contribution in [-0.2, 0) is 14.3 Å². The zero-order chi connectivity index (χ0) is 21.0. The minimum Gasteiger partial charge on any atom is -0.462 e. The Morgan fingerprint density at radius 2 is 1.67 bits per heavy atom. The average Bonchev–Trinajstić information content (AvgIpc) is 3.34. The van der Waals surface area contributed by atoms with Gasteiger partial charge in [0.05, 0.1) is 11.8 Å². The number of esters is 1. The lowest BCUT2D eigenvalue weighted by Crippen LogP contribution is -2.35. The summed E-state index contributed by atoms with van der Waals surface area (Å²) in [5.74, 6) is -0.732. The maximum absolute atomic E-state index is 12.9. The summed E-state index contributed by atoms with van der Waals surface area (Å²) in [5, 5.41) is 5.82. The molecule has 5 rings (SSSR count). The van der Waals surface area contributed by atoms with E-state index in [0.717, 1.165) is 24.1 Å². The van der Waals surface area contributed by atoms with E-state index in [1.807, 2.05) is 32.0 Å². The topological polar surface area (TPSA) is 84.5 Å². The molecule has 2 aromatic carbocycles. The largest absolute Gasteiger partial charge is 0.462 e. The van der Waals surface area contributed by atoms with Gasteiger partial charge < -0.3 is 15.4 Å². The minimum absolute atomic E-state index is 0.0201. The first-order valence-electron chi connectivity index (χ1n) is 10.4. The van der Waals surface area contributed by atoms with Crippen molar-refractivity contribution in [2.24, 2.45) is 23.7 Å². The average molecular weight is 404 g/mol. The van der Waals surface area contributed by atoms with Crippen LogP contribution in [-0.4, -0.2) is 23.9 Å². The number of carbonyl (C=O) groups is 3. The van der Waals surface area contributed by atoms with Gasteiger partial charge in [-0.1, -0.05) is 6.07 Å². The third kappa shape index (κ3) is 3.07. The van der Waals surface area contributed by atoms with Gasteiger partial charge >= 0.3 is 5.97 Å². The molecule has 0 aromatic heterocycles. The summed E-state index contributed by atoms with van der Waals surface area (Å²) < 4.78 is 5.41. The number of ether oxygens (including phenoxy) is 1. The maximum Gasteiger partial charge on any atom is 0.310 e. The lowest BCUT2D eigenvalue weighted by atomic mass is 9.79. The second-order valence-electron chi connectivity index (χ2n) is 8.74. The zero-order valence-corrected chi connectivity index (χ0v) is 17.0. The molecule has 154 valence electrons. The van der Waals surface area contributed by atoms with Crippen molar-refractivity contribution in [2.45, 2.75) is 32.8 Å². The standard InChI is InChI=1S/C24H24N2O4/c1-12-3-6-17(9-13(12)2)26-22(27)14-4-7-16(8-5-14)25-23(28)20-15-10-18-19(11-15)30-24(29)21(18)20/h3-9,15,18-21H,10-11H2,1-2H3,(H,25,28)(H,26,27)/t15-,18+,19+,20-,21+/m1/s1. The maximum atomic E-state index is 12.9. The zero-order valence-electron chi connectivity index (χ0n) is 17.0. The van der Waals surface area contributed by atoms with Gasteiger partial charge in [-0.25, -0.2) is 0 Å². The lowest BCUT2D eigenvalue weighted by Gasteiger charge is -2.23. The van der Waals surface area contributed by atoms with Gasteiger partial charge in [0.2, 0.25) is 5.91 Å². The van der Waals surface area contributed by atoms with Gasteiger partial charge in [0, 0.05) is 22.9 Å². The fourth-order valence-electron chi connectivity index (χ4n) is 5.32. The third-order valence-corrected chi connectivity index (χ3v) is 6.97. The highest BCUT2D eigenvalue weighted by molar-refractivity contribution is 6.05. The molecular weight excluding hydrogens is 380 g/mol. The molecule has 2 aliphatic carbocycles. The second kappa shape index (κ2) is 6.97. The Morgan fingerprint density at radius 1 is 0.933 bits per heavy atom. The summed E-state index contributed by atoms with van der Waals surface area (Å²) in [6.07, 6.45) is 1.71. The number of anilines is 2. The quantitative estimate of drug-likeness (QED) is 0.761. The van der Waals surface area contributed by atoms with Crippen LogP contribution in [0.1, 0.15) is 34.3 Å². The van der Waals surface area contributed by atoms with E-state index in [4.69, 9.17) is 4.74 Å². The molecule has 0 radical (unpaired) electrons. The molecule has 1 heterocycles. The molecule has 1 aliphatic heterocycles. The van der Waals surface area contributed by atoms with Crippen molar-refractivity contribution in [1.82, 2.24) is 0 Å². The van der Waals surface area contributed by atoms with Gasteiger partial charge in [0.15, 0.2) is 0 Å². The van der Waals surface area contributed by atoms with E-state index in [9.17, 15) is 14.4 Å². The van der Waals surface area contributed by atoms with Crippen LogP contribution in [0.15, 0.2) is 42.5 Å². The first kappa shape index (κ1) is 18.9. The van der Waals surface area contributed by atoms with Crippen molar-refractivity contribution in [3.05, 3.63) is 59.2 Å². The fraction of sp³-hybridized carbons (Fsp3) is 0.375. The fourth-order valence-corrected chi connectivity index (χ4v) is 5.32. The number of benzene rings is 2. The summed E-state index contributed by atoms with van der Waals surface area (Å²) in [6, 6.07) is 12.6. The van der Waals surface area contributed by atoms with Gasteiger partial charge in [-0.2, -0.15) is 0 Å². The van der Waals surface area contributed by atoms with Crippen LogP contribution >= 0.6 is 0 Å². The summed E-state index contributed by atoms with van der Waals surface area (Å²) in [4.78, 5) is 37.5. The van der Waals surface area contributed by atoms with Crippen LogP contribution in [0.4, 0.5) is 11.4 Å². The number of nitrogens with one attached hydrogen (secondary N) is 2. The Kier molecular flexibility index (Phi) is 4.38. The Labute approximate surface area is 175 Å². The molecule has 2 amide bonds. The van der Waals surface area contributed by atoms with Crippen LogP contribution in [0.2, 0.25) is 0 Å². The van der Waals surface area contributed by atoms with Crippen LogP contribution in [0.5, 0.6) is 0 Å². The predicted octanol–water partition coefficient (Wildman–Crippen LogP) is 3.69. The Bertz CT molecular complexity index is 1040. The van der Waals surface area contributed by atoms with Crippen molar-refractivity contribution < 1.29 is 19.1 Å². The first-order valence-corrected chi connectivity index (χ1v) is 10.4. The van der Waals surface area contributed by atoms with Gasteiger partial charge in [-0.05, 0) is 80.1 Å². The summed E-state index contributed by atoms with van der Waals surface area (Å²) in [6.45, 7) is 4.03. The van der Waals surface area contributed by atoms with Gasteiger partial charge in [0.25, 0.3) is 5.91 Å². The van der Waals surface area contributed by atoms with Crippen molar-refractivity contribution in [3.8, 4) is 0 Å². The highest BCUT2D eigenvalue weighted by Crippen LogP contribution is 2.57. The molecule has 2 N–H and O–H groups in total. The summed E-state index contributed by atoms with van der Waals surface area (Å²) >= 11 is 0. The van der Waals surface area contributed by atoms with Gasteiger partial charge in [-0.3, -0.25) is 14.4 Å². The minimum atomic E-state index is -0.311.